The van der Waals surface area contributed by atoms with Crippen LogP contribution in [0.4, 0.5) is 0 Å². The number of fused-ring (bicyclic) bond motifs is 6. The van der Waals surface area contributed by atoms with Crippen molar-refractivity contribution >= 4 is 0 Å². The fraction of sp³-hybridized carbons (Fsp3) is 0.862. The lowest BCUT2D eigenvalue weighted by atomic mass is 9.37. The van der Waals surface area contributed by atoms with E-state index in [2.05, 4.69) is 67.5 Å². The zero-order valence-corrected chi connectivity index (χ0v) is 20.6. The third-order valence-corrected chi connectivity index (χ3v) is 12.0. The Kier molecular flexibility index (Phi) is 4.10. The van der Waals surface area contributed by atoms with Crippen LogP contribution >= 0.6 is 0 Å². The Morgan fingerprint density at radius 1 is 0.931 bits per heavy atom. The summed E-state index contributed by atoms with van der Waals surface area (Å²) in [6.45, 7) is 20.9. The number of hydrogen-bond donors (Lipinski definition) is 0. The van der Waals surface area contributed by atoms with Gasteiger partial charge in [0.2, 0.25) is 0 Å². The summed E-state index contributed by atoms with van der Waals surface area (Å²) in [5, 5.41) is 0. The van der Waals surface area contributed by atoms with E-state index in [0.717, 1.165) is 23.7 Å². The lowest BCUT2D eigenvalue weighted by Crippen LogP contribution is -2.59. The van der Waals surface area contributed by atoms with Crippen molar-refractivity contribution in [3.63, 3.8) is 0 Å². The molecule has 0 unspecified atom stereocenters. The Morgan fingerprint density at radius 3 is 2.34 bits per heavy atom. The van der Waals surface area contributed by atoms with Gasteiger partial charge in [0, 0.05) is 0 Å². The first-order valence-corrected chi connectivity index (χ1v) is 12.8. The lowest BCUT2D eigenvalue weighted by molar-refractivity contribution is -0.149. The molecule has 0 spiro atoms. The molecule has 5 aliphatic carbocycles. The first kappa shape index (κ1) is 20.4. The molecule has 0 aliphatic heterocycles. The zero-order chi connectivity index (χ0) is 21.0. The molecule has 0 aromatic heterocycles. The maximum Gasteiger partial charge on any atom is -0.000769 e. The molecule has 0 heteroatoms. The van der Waals surface area contributed by atoms with E-state index in [0.29, 0.717) is 27.1 Å². The summed E-state index contributed by atoms with van der Waals surface area (Å²) in [7, 11) is 0. The van der Waals surface area contributed by atoms with Gasteiger partial charge in [-0.1, -0.05) is 79.5 Å². The minimum Gasteiger partial charge on any atom is -0.0800 e. The van der Waals surface area contributed by atoms with Crippen molar-refractivity contribution in [2.75, 3.05) is 0 Å². The van der Waals surface area contributed by atoms with E-state index in [1.54, 1.807) is 5.57 Å². The maximum absolute atomic E-state index is 2.74. The highest BCUT2D eigenvalue weighted by molar-refractivity contribution is 5.49. The zero-order valence-electron chi connectivity index (χ0n) is 20.6. The molecule has 0 amide bonds. The molecule has 162 valence electrons. The Morgan fingerprint density at radius 2 is 1.66 bits per heavy atom. The van der Waals surface area contributed by atoms with Crippen molar-refractivity contribution in [3.05, 3.63) is 23.3 Å². The lowest BCUT2D eigenvalue weighted by Gasteiger charge is -2.67. The fourth-order valence-corrected chi connectivity index (χ4v) is 10.7. The molecule has 0 heterocycles. The smallest absolute Gasteiger partial charge is 0.000769 e. The molecule has 3 saturated carbocycles. The van der Waals surface area contributed by atoms with E-state index in [1.807, 2.05) is 5.57 Å². The third-order valence-electron chi connectivity index (χ3n) is 12.0. The largest absolute Gasteiger partial charge is 0.0800 e. The van der Waals surface area contributed by atoms with E-state index in [4.69, 9.17) is 0 Å². The van der Waals surface area contributed by atoms with Gasteiger partial charge in [-0.2, -0.15) is 0 Å². The van der Waals surface area contributed by atoms with Gasteiger partial charge in [0.05, 0.1) is 0 Å². The van der Waals surface area contributed by atoms with Gasteiger partial charge in [-0.3, -0.25) is 0 Å². The predicted octanol–water partition coefficient (Wildman–Crippen LogP) is 8.58. The highest BCUT2D eigenvalue weighted by Crippen LogP contribution is 2.76. The van der Waals surface area contributed by atoms with Crippen LogP contribution in [0.1, 0.15) is 107 Å². The first-order chi connectivity index (χ1) is 13.4. The molecular formula is C29H46. The molecule has 0 bridgehead atoms. The number of rotatable bonds is 1. The van der Waals surface area contributed by atoms with Gasteiger partial charge in [0.25, 0.3) is 0 Å². The van der Waals surface area contributed by atoms with Gasteiger partial charge in [-0.25, -0.2) is 0 Å². The van der Waals surface area contributed by atoms with E-state index in [1.165, 1.54) is 51.4 Å². The van der Waals surface area contributed by atoms with Crippen molar-refractivity contribution in [2.24, 2.45) is 50.7 Å². The van der Waals surface area contributed by atoms with E-state index in [-0.39, 0.29) is 0 Å². The topological polar surface area (TPSA) is 0 Å². The molecule has 0 aromatic rings. The summed E-state index contributed by atoms with van der Waals surface area (Å²) in [5.74, 6) is 3.33. The number of allylic oxidation sites excluding steroid dienone is 4. The number of hydrogen-bond acceptors (Lipinski definition) is 0. The molecule has 0 nitrogen and oxygen atoms in total. The fourth-order valence-electron chi connectivity index (χ4n) is 10.7. The minimum atomic E-state index is 0.375. The van der Waals surface area contributed by atoms with Crippen molar-refractivity contribution in [3.8, 4) is 0 Å². The van der Waals surface area contributed by atoms with E-state index in [9.17, 15) is 0 Å². The van der Waals surface area contributed by atoms with Gasteiger partial charge < -0.3 is 0 Å². The molecule has 0 N–H and O–H groups in total. The molecule has 0 aromatic carbocycles. The first-order valence-electron chi connectivity index (χ1n) is 12.8. The average Bonchev–Trinajstić information content (AvgIpc) is 3.03. The maximum atomic E-state index is 2.74. The van der Waals surface area contributed by atoms with Crippen molar-refractivity contribution in [2.45, 2.75) is 107 Å². The second kappa shape index (κ2) is 5.83. The highest BCUT2D eigenvalue weighted by atomic mass is 14.7. The van der Waals surface area contributed by atoms with Crippen LogP contribution in [0.3, 0.4) is 0 Å². The summed E-state index contributed by atoms with van der Waals surface area (Å²) in [6.07, 6.45) is 16.8. The van der Waals surface area contributed by atoms with E-state index < -0.39 is 0 Å². The van der Waals surface area contributed by atoms with Gasteiger partial charge >= 0.3 is 0 Å². The van der Waals surface area contributed by atoms with Crippen LogP contribution in [0.25, 0.3) is 0 Å². The van der Waals surface area contributed by atoms with E-state index >= 15 is 0 Å². The van der Waals surface area contributed by atoms with Gasteiger partial charge in [0.1, 0.15) is 0 Å². The molecule has 0 radical (unpaired) electrons. The summed E-state index contributed by atoms with van der Waals surface area (Å²) in [4.78, 5) is 0. The Bertz CT molecular complexity index is 780. The van der Waals surface area contributed by atoms with Crippen LogP contribution in [0.5, 0.6) is 0 Å². The third kappa shape index (κ3) is 2.28. The molecule has 0 saturated heterocycles. The van der Waals surface area contributed by atoms with Crippen LogP contribution in [0.2, 0.25) is 0 Å². The van der Waals surface area contributed by atoms with Crippen LogP contribution in [-0.2, 0) is 0 Å². The molecule has 29 heavy (non-hydrogen) atoms. The van der Waals surface area contributed by atoms with Gasteiger partial charge in [-0.15, -0.1) is 0 Å². The standard InChI is InChI=1S/C29H46/c1-19(2)20-10-11-21-22-12-13-24-26(5)16-9-15-25(3,4)23(26)14-17-28(24,7)29(22,8)18-27(20,21)6/h12-13,19-20,23-24H,9-11,14-18H2,1-8H3/t20-,23+,24-,26+,27-,28-,29-/m1/s1. The summed E-state index contributed by atoms with van der Waals surface area (Å²) in [6, 6.07) is 0. The van der Waals surface area contributed by atoms with Crippen LogP contribution in [-0.4, -0.2) is 0 Å². The van der Waals surface area contributed by atoms with Crippen LogP contribution in [0, 0.1) is 50.7 Å². The van der Waals surface area contributed by atoms with Crippen molar-refractivity contribution < 1.29 is 0 Å². The Labute approximate surface area is 181 Å². The predicted molar refractivity (Wildman–Crippen MR) is 125 cm³/mol. The summed E-state index contributed by atoms with van der Waals surface area (Å²) in [5.41, 5.74) is 5.91. The monoisotopic (exact) mass is 394 g/mol. The molecule has 7 atom stereocenters. The molecule has 3 fully saturated rings. The van der Waals surface area contributed by atoms with Crippen molar-refractivity contribution in [1.29, 1.82) is 0 Å². The Hall–Kier alpha value is -0.520. The molecular weight excluding hydrogens is 348 g/mol. The minimum absolute atomic E-state index is 0.375. The van der Waals surface area contributed by atoms with Gasteiger partial charge in [0.15, 0.2) is 0 Å². The quantitative estimate of drug-likeness (QED) is 0.417. The summed E-state index contributed by atoms with van der Waals surface area (Å²) < 4.78 is 0. The van der Waals surface area contributed by atoms with Crippen molar-refractivity contribution in [1.82, 2.24) is 0 Å². The van der Waals surface area contributed by atoms with Gasteiger partial charge in [-0.05, 0) is 101 Å². The SMILES string of the molecule is CC(C)[C@H]1CCC2=C3C=C[C@@H]4[C@@]5(C)CCCC(C)(C)[C@@H]5CC[C@@]4(C)[C@]3(C)C[C@@]21C. The molecule has 5 rings (SSSR count). The van der Waals surface area contributed by atoms with Crippen LogP contribution in [0.15, 0.2) is 23.3 Å². The second-order valence-corrected chi connectivity index (χ2v) is 13.9. The normalized spacial score (nSPS) is 52.9. The summed E-state index contributed by atoms with van der Waals surface area (Å²) >= 11 is 0. The Balaban J connectivity index is 1.62. The molecule has 5 aliphatic rings. The van der Waals surface area contributed by atoms with Crippen LogP contribution < -0.4 is 0 Å². The highest BCUT2D eigenvalue weighted by Gasteiger charge is 2.68. The second-order valence-electron chi connectivity index (χ2n) is 13.9. The average molecular weight is 395 g/mol.